The van der Waals surface area contributed by atoms with E-state index in [0.29, 0.717) is 6.42 Å². The van der Waals surface area contributed by atoms with Gasteiger partial charge < -0.3 is 23.9 Å². The predicted molar refractivity (Wildman–Crippen MR) is 119 cm³/mol. The summed E-state index contributed by atoms with van der Waals surface area (Å²) in [5, 5.41) is 19.8. The molecular formula is C22H38O10S. The summed E-state index contributed by atoms with van der Waals surface area (Å²) < 4.78 is 43.4. The van der Waals surface area contributed by atoms with E-state index in [1.165, 1.54) is 44.9 Å². The first kappa shape index (κ1) is 29.2. The van der Waals surface area contributed by atoms with E-state index in [1.54, 1.807) is 0 Å². The lowest BCUT2D eigenvalue weighted by atomic mass is 10.0. The van der Waals surface area contributed by atoms with E-state index >= 15 is 0 Å². The number of carbonyl (C=O) groups is 2. The van der Waals surface area contributed by atoms with E-state index in [4.69, 9.17) is 9.29 Å². The monoisotopic (exact) mass is 494 g/mol. The van der Waals surface area contributed by atoms with Crippen LogP contribution in [0, 0.1) is 5.92 Å². The van der Waals surface area contributed by atoms with Crippen molar-refractivity contribution in [3.63, 3.8) is 0 Å². The van der Waals surface area contributed by atoms with Gasteiger partial charge in [0.05, 0.1) is 0 Å². The number of rotatable bonds is 18. The van der Waals surface area contributed by atoms with E-state index in [-0.39, 0.29) is 6.42 Å². The number of aliphatic hydroxyl groups is 2. The van der Waals surface area contributed by atoms with Crippen molar-refractivity contribution in [2.75, 3.05) is 6.61 Å². The summed E-state index contributed by atoms with van der Waals surface area (Å²) in [4.78, 5) is 23.3. The average Bonchev–Trinajstić information content (AvgIpc) is 2.99. The van der Waals surface area contributed by atoms with Crippen LogP contribution in [0.4, 0.5) is 0 Å². The van der Waals surface area contributed by atoms with E-state index in [9.17, 15) is 28.2 Å². The van der Waals surface area contributed by atoms with Crippen LogP contribution in [0.5, 0.6) is 0 Å². The largest absolute Gasteiger partial charge is 0.505 e. The summed E-state index contributed by atoms with van der Waals surface area (Å²) in [6, 6.07) is 0. The van der Waals surface area contributed by atoms with Gasteiger partial charge in [-0.3, -0.25) is 9.35 Å². The Bertz CT molecular complexity index is 744. The Hall–Kier alpha value is -1.85. The molecule has 0 unspecified atom stereocenters. The van der Waals surface area contributed by atoms with Crippen molar-refractivity contribution in [2.24, 2.45) is 5.92 Å². The van der Waals surface area contributed by atoms with Crippen molar-refractivity contribution in [3.05, 3.63) is 11.5 Å². The molecule has 0 aromatic heterocycles. The molecule has 1 rings (SSSR count). The number of hydrogen-bond acceptors (Lipinski definition) is 9. The second-order valence-electron chi connectivity index (χ2n) is 8.77. The van der Waals surface area contributed by atoms with E-state index in [1.807, 2.05) is 0 Å². The zero-order valence-corrected chi connectivity index (χ0v) is 20.3. The van der Waals surface area contributed by atoms with Crippen LogP contribution in [0.1, 0.15) is 90.9 Å². The molecule has 0 aliphatic carbocycles. The topological polar surface area (TPSA) is 157 Å². The van der Waals surface area contributed by atoms with Crippen LogP contribution in [0.3, 0.4) is 0 Å². The number of cyclic esters (lactones) is 1. The normalized spacial score (nSPS) is 17.4. The Balaban J connectivity index is 2.10. The molecule has 2 atom stereocenters. The van der Waals surface area contributed by atoms with Crippen LogP contribution in [0.25, 0.3) is 0 Å². The average molecular weight is 495 g/mol. The molecule has 1 heterocycles. The zero-order valence-electron chi connectivity index (χ0n) is 19.5. The SMILES string of the molecule is CC(C)CCCCCCCCCCCCC(=O)OC[C@H](O)[C@H]1OC(=O)C(OS(=O)(=O)O)=C1O. The number of unbranched alkanes of at least 4 members (excludes halogenated alkanes) is 9. The molecule has 0 aromatic carbocycles. The standard InChI is InChI=1S/C22H38O10S/c1-16(2)13-11-9-7-5-3-4-6-8-10-12-14-18(24)30-15-17(23)20-19(25)21(22(26)31-20)32-33(27,28)29/h16-17,20,23,25H,3-15H2,1-2H3,(H,27,28,29)/t17-,20+/m0/s1. The molecule has 11 heteroatoms. The molecule has 0 amide bonds. The van der Waals surface area contributed by atoms with Crippen molar-refractivity contribution >= 4 is 22.3 Å². The Morgan fingerprint density at radius 2 is 1.52 bits per heavy atom. The van der Waals surface area contributed by atoms with Crippen LogP contribution in [-0.4, -0.2) is 53.9 Å². The lowest BCUT2D eigenvalue weighted by Gasteiger charge is -2.17. The van der Waals surface area contributed by atoms with Gasteiger partial charge in [0.1, 0.15) is 12.7 Å². The molecule has 0 fully saturated rings. The minimum absolute atomic E-state index is 0.173. The van der Waals surface area contributed by atoms with Crippen molar-refractivity contribution < 1.29 is 46.4 Å². The van der Waals surface area contributed by atoms with Crippen molar-refractivity contribution in [2.45, 2.75) is 103 Å². The van der Waals surface area contributed by atoms with Gasteiger partial charge in [-0.05, 0) is 12.3 Å². The Morgan fingerprint density at radius 1 is 1.00 bits per heavy atom. The molecule has 0 aromatic rings. The van der Waals surface area contributed by atoms with Gasteiger partial charge in [-0.15, -0.1) is 0 Å². The predicted octanol–water partition coefficient (Wildman–Crippen LogP) is 3.74. The van der Waals surface area contributed by atoms with E-state index < -0.39 is 52.7 Å². The second kappa shape index (κ2) is 15.1. The quantitative estimate of drug-likeness (QED) is 0.146. The van der Waals surface area contributed by atoms with Gasteiger partial charge in [0, 0.05) is 6.42 Å². The number of ether oxygens (including phenoxy) is 2. The Morgan fingerprint density at radius 3 is 2.03 bits per heavy atom. The maximum atomic E-state index is 11.8. The molecule has 0 saturated carbocycles. The molecule has 10 nitrogen and oxygen atoms in total. The highest BCUT2D eigenvalue weighted by molar-refractivity contribution is 7.81. The third kappa shape index (κ3) is 12.8. The van der Waals surface area contributed by atoms with Gasteiger partial charge in [0.15, 0.2) is 11.9 Å². The highest BCUT2D eigenvalue weighted by Gasteiger charge is 2.42. The van der Waals surface area contributed by atoms with Crippen molar-refractivity contribution in [3.8, 4) is 0 Å². The minimum Gasteiger partial charge on any atom is -0.505 e. The second-order valence-corrected chi connectivity index (χ2v) is 9.79. The van der Waals surface area contributed by atoms with Crippen LogP contribution in [0.15, 0.2) is 11.5 Å². The Labute approximate surface area is 196 Å². The fraction of sp³-hybridized carbons (Fsp3) is 0.818. The molecule has 1 aliphatic rings. The lowest BCUT2D eigenvalue weighted by molar-refractivity contribution is -0.154. The molecule has 0 bridgehead atoms. The van der Waals surface area contributed by atoms with Gasteiger partial charge in [-0.25, -0.2) is 4.79 Å². The number of aliphatic hydroxyl groups excluding tert-OH is 2. The third-order valence-corrected chi connectivity index (χ3v) is 5.66. The highest BCUT2D eigenvalue weighted by atomic mass is 32.3. The maximum absolute atomic E-state index is 11.8. The van der Waals surface area contributed by atoms with E-state index in [0.717, 1.165) is 25.2 Å². The van der Waals surface area contributed by atoms with Crippen LogP contribution in [-0.2, 0) is 33.6 Å². The molecule has 0 saturated heterocycles. The lowest BCUT2D eigenvalue weighted by Crippen LogP contribution is -2.33. The van der Waals surface area contributed by atoms with E-state index in [2.05, 4.69) is 22.8 Å². The van der Waals surface area contributed by atoms with Gasteiger partial charge in [-0.2, -0.15) is 8.42 Å². The van der Waals surface area contributed by atoms with Crippen LogP contribution >= 0.6 is 0 Å². The molecule has 3 N–H and O–H groups in total. The molecule has 192 valence electrons. The molecular weight excluding hydrogens is 456 g/mol. The Kier molecular flexibility index (Phi) is 13.4. The summed E-state index contributed by atoms with van der Waals surface area (Å²) in [5.41, 5.74) is 0. The van der Waals surface area contributed by atoms with Gasteiger partial charge in [0.25, 0.3) is 5.76 Å². The van der Waals surface area contributed by atoms with Crippen molar-refractivity contribution in [1.29, 1.82) is 0 Å². The summed E-state index contributed by atoms with van der Waals surface area (Å²) >= 11 is 0. The van der Waals surface area contributed by atoms with Gasteiger partial charge in [0.2, 0.25) is 0 Å². The molecule has 33 heavy (non-hydrogen) atoms. The first-order chi connectivity index (χ1) is 15.5. The molecule has 0 radical (unpaired) electrons. The van der Waals surface area contributed by atoms with Crippen LogP contribution < -0.4 is 0 Å². The first-order valence-corrected chi connectivity index (χ1v) is 13.0. The van der Waals surface area contributed by atoms with Crippen molar-refractivity contribution in [1.82, 2.24) is 0 Å². The van der Waals surface area contributed by atoms with Crippen LogP contribution in [0.2, 0.25) is 0 Å². The number of hydrogen-bond donors (Lipinski definition) is 3. The zero-order chi connectivity index (χ0) is 24.9. The minimum atomic E-state index is -5.06. The van der Waals surface area contributed by atoms with Gasteiger partial charge in [-0.1, -0.05) is 78.1 Å². The summed E-state index contributed by atoms with van der Waals surface area (Å²) in [6.07, 6.45) is 9.54. The summed E-state index contributed by atoms with van der Waals surface area (Å²) in [6.45, 7) is 3.94. The maximum Gasteiger partial charge on any atom is 0.446 e. The molecule has 0 spiro atoms. The third-order valence-electron chi connectivity index (χ3n) is 5.29. The highest BCUT2D eigenvalue weighted by Crippen LogP contribution is 2.25. The van der Waals surface area contributed by atoms with Gasteiger partial charge >= 0.3 is 22.3 Å². The fourth-order valence-electron chi connectivity index (χ4n) is 3.48. The first-order valence-electron chi connectivity index (χ1n) is 11.7. The number of carbonyl (C=O) groups excluding carboxylic acids is 2. The smallest absolute Gasteiger partial charge is 0.446 e. The molecule has 1 aliphatic heterocycles. The number of esters is 2. The fourth-order valence-corrected chi connectivity index (χ4v) is 3.84. The summed E-state index contributed by atoms with van der Waals surface area (Å²) in [5.74, 6) is -3.31. The summed E-state index contributed by atoms with van der Waals surface area (Å²) in [7, 11) is -5.06.